The number of aliphatic carboxylic acids is 1. The number of carbonyl (C=O) groups is 1. The van der Waals surface area contributed by atoms with Crippen LogP contribution in [0.4, 0.5) is 4.39 Å². The molecule has 1 heterocycles. The lowest BCUT2D eigenvalue weighted by Crippen LogP contribution is -2.35. The number of carboxylic acid groups (broad SMARTS) is 1. The molecule has 0 amide bonds. The Labute approximate surface area is 125 Å². The Balaban J connectivity index is 1.80. The van der Waals surface area contributed by atoms with Gasteiger partial charge in [0, 0.05) is 29.7 Å². The van der Waals surface area contributed by atoms with Crippen LogP contribution in [0.3, 0.4) is 0 Å². The average molecular weight is 342 g/mol. The van der Waals surface area contributed by atoms with Crippen molar-refractivity contribution >= 4 is 21.9 Å². The number of hydrogen-bond donors (Lipinski definition) is 1. The number of carboxylic acids is 1. The van der Waals surface area contributed by atoms with Crippen LogP contribution < -0.4 is 0 Å². The van der Waals surface area contributed by atoms with E-state index in [1.807, 2.05) is 6.07 Å². The Hall–Kier alpha value is -0.940. The monoisotopic (exact) mass is 341 g/mol. The molecule has 1 aliphatic carbocycles. The van der Waals surface area contributed by atoms with Crippen molar-refractivity contribution in [3.05, 3.63) is 34.1 Å². The van der Waals surface area contributed by atoms with Crippen molar-refractivity contribution in [3.8, 4) is 0 Å². The molecule has 2 fully saturated rings. The highest BCUT2D eigenvalue weighted by molar-refractivity contribution is 9.10. The van der Waals surface area contributed by atoms with Gasteiger partial charge in [-0.05, 0) is 30.9 Å². The summed E-state index contributed by atoms with van der Waals surface area (Å²) in [6, 6.07) is 4.94. The molecular weight excluding hydrogens is 325 g/mol. The molecule has 108 valence electrons. The van der Waals surface area contributed by atoms with Crippen LogP contribution in [0.1, 0.15) is 24.8 Å². The van der Waals surface area contributed by atoms with Crippen molar-refractivity contribution in [2.45, 2.75) is 25.8 Å². The molecule has 1 aromatic carbocycles. The van der Waals surface area contributed by atoms with Crippen molar-refractivity contribution in [1.82, 2.24) is 4.90 Å². The van der Waals surface area contributed by atoms with E-state index in [2.05, 4.69) is 20.8 Å². The molecule has 1 saturated carbocycles. The van der Waals surface area contributed by atoms with Gasteiger partial charge >= 0.3 is 5.97 Å². The van der Waals surface area contributed by atoms with Crippen molar-refractivity contribution < 1.29 is 14.3 Å². The van der Waals surface area contributed by atoms with Gasteiger partial charge in [0.2, 0.25) is 0 Å². The van der Waals surface area contributed by atoms with Gasteiger partial charge in [0.25, 0.3) is 0 Å². The summed E-state index contributed by atoms with van der Waals surface area (Å²) in [4.78, 5) is 13.7. The molecule has 0 unspecified atom stereocenters. The molecule has 1 aromatic rings. The fourth-order valence-electron chi connectivity index (χ4n) is 3.77. The van der Waals surface area contributed by atoms with E-state index in [4.69, 9.17) is 0 Å². The highest BCUT2D eigenvalue weighted by Crippen LogP contribution is 2.49. The summed E-state index contributed by atoms with van der Waals surface area (Å²) in [6.45, 7) is 1.76. The molecule has 1 saturated heterocycles. The Kier molecular flexibility index (Phi) is 3.58. The van der Waals surface area contributed by atoms with Gasteiger partial charge in [-0.3, -0.25) is 9.69 Å². The maximum absolute atomic E-state index is 13.9. The van der Waals surface area contributed by atoms with Crippen LogP contribution >= 0.6 is 15.9 Å². The molecule has 0 aromatic heterocycles. The first-order chi connectivity index (χ1) is 9.53. The molecule has 1 N–H and O–H groups in total. The van der Waals surface area contributed by atoms with Crippen LogP contribution in [0.2, 0.25) is 0 Å². The van der Waals surface area contributed by atoms with Crippen molar-refractivity contribution in [3.63, 3.8) is 0 Å². The Morgan fingerprint density at radius 2 is 2.35 bits per heavy atom. The lowest BCUT2D eigenvalue weighted by atomic mass is 9.81. The van der Waals surface area contributed by atoms with E-state index in [-0.39, 0.29) is 11.7 Å². The van der Waals surface area contributed by atoms with E-state index < -0.39 is 11.4 Å². The zero-order chi connectivity index (χ0) is 14.3. The highest BCUT2D eigenvalue weighted by atomic mass is 79.9. The zero-order valence-electron chi connectivity index (χ0n) is 11.1. The molecule has 2 atom stereocenters. The molecule has 0 bridgehead atoms. The van der Waals surface area contributed by atoms with Gasteiger partial charge in [0.1, 0.15) is 5.82 Å². The Bertz CT molecular complexity index is 530. The van der Waals surface area contributed by atoms with E-state index in [9.17, 15) is 14.3 Å². The topological polar surface area (TPSA) is 40.5 Å². The second kappa shape index (κ2) is 5.11. The summed E-state index contributed by atoms with van der Waals surface area (Å²) in [5, 5.41) is 9.56. The van der Waals surface area contributed by atoms with E-state index >= 15 is 0 Å². The van der Waals surface area contributed by atoms with Gasteiger partial charge in [-0.15, -0.1) is 0 Å². The predicted octanol–water partition coefficient (Wildman–Crippen LogP) is 3.27. The normalized spacial score (nSPS) is 29.6. The van der Waals surface area contributed by atoms with Gasteiger partial charge < -0.3 is 5.11 Å². The fraction of sp³-hybridized carbons (Fsp3) is 0.533. The first-order valence-electron chi connectivity index (χ1n) is 6.91. The van der Waals surface area contributed by atoms with Crippen LogP contribution in [-0.4, -0.2) is 29.1 Å². The summed E-state index contributed by atoms with van der Waals surface area (Å²) in [6.07, 6.45) is 2.72. The summed E-state index contributed by atoms with van der Waals surface area (Å²) in [5.41, 5.74) is 0.0191. The predicted molar refractivity (Wildman–Crippen MR) is 76.8 cm³/mol. The second-order valence-corrected chi connectivity index (χ2v) is 6.77. The number of rotatable bonds is 3. The quantitative estimate of drug-likeness (QED) is 0.917. The Morgan fingerprint density at radius 1 is 1.55 bits per heavy atom. The van der Waals surface area contributed by atoms with E-state index in [1.165, 1.54) is 6.07 Å². The molecular formula is C15H17BrFNO2. The minimum atomic E-state index is -0.685. The third-order valence-corrected chi connectivity index (χ3v) is 5.55. The van der Waals surface area contributed by atoms with Crippen molar-refractivity contribution in [1.29, 1.82) is 0 Å². The molecule has 3 nitrogen and oxygen atoms in total. The highest BCUT2D eigenvalue weighted by Gasteiger charge is 2.54. The largest absolute Gasteiger partial charge is 0.481 e. The number of halogens is 2. The van der Waals surface area contributed by atoms with E-state index in [0.29, 0.717) is 18.7 Å². The Morgan fingerprint density at radius 3 is 3.00 bits per heavy atom. The summed E-state index contributed by atoms with van der Waals surface area (Å²) >= 11 is 3.38. The molecule has 3 rings (SSSR count). The van der Waals surface area contributed by atoms with Gasteiger partial charge in [-0.2, -0.15) is 0 Å². The summed E-state index contributed by atoms with van der Waals surface area (Å²) in [7, 11) is 0. The first kappa shape index (κ1) is 14.0. The summed E-state index contributed by atoms with van der Waals surface area (Å²) < 4.78 is 14.6. The van der Waals surface area contributed by atoms with Gasteiger partial charge in [0.05, 0.1) is 5.41 Å². The van der Waals surface area contributed by atoms with Crippen molar-refractivity contribution in [2.24, 2.45) is 11.3 Å². The minimum absolute atomic E-state index is 0.213. The fourth-order valence-corrected chi connectivity index (χ4v) is 4.24. The van der Waals surface area contributed by atoms with Crippen LogP contribution in [0.15, 0.2) is 22.7 Å². The van der Waals surface area contributed by atoms with Crippen LogP contribution in [0.25, 0.3) is 0 Å². The molecule has 20 heavy (non-hydrogen) atoms. The molecule has 2 aliphatic rings. The molecule has 1 aliphatic heterocycles. The smallest absolute Gasteiger partial charge is 0.311 e. The van der Waals surface area contributed by atoms with Crippen LogP contribution in [0.5, 0.6) is 0 Å². The van der Waals surface area contributed by atoms with Gasteiger partial charge in [-0.25, -0.2) is 4.39 Å². The van der Waals surface area contributed by atoms with Gasteiger partial charge in [-0.1, -0.05) is 28.4 Å². The SMILES string of the molecule is O=C(O)[C@@]12CCC[C@H]1CN(Cc1c(F)cccc1Br)C2. The van der Waals surface area contributed by atoms with E-state index in [1.54, 1.807) is 6.07 Å². The third kappa shape index (κ3) is 2.17. The molecule has 5 heteroatoms. The van der Waals surface area contributed by atoms with Crippen molar-refractivity contribution in [2.75, 3.05) is 13.1 Å². The third-order valence-electron chi connectivity index (χ3n) is 4.81. The average Bonchev–Trinajstić information content (AvgIpc) is 2.91. The van der Waals surface area contributed by atoms with Crippen LogP contribution in [0, 0.1) is 17.2 Å². The number of nitrogens with zero attached hydrogens (tertiary/aromatic N) is 1. The van der Waals surface area contributed by atoms with E-state index in [0.717, 1.165) is 30.3 Å². The molecule has 0 radical (unpaired) electrons. The number of likely N-dealkylation sites (tertiary alicyclic amines) is 1. The standard InChI is InChI=1S/C15H17BrFNO2/c16-12-4-1-5-13(17)11(12)8-18-7-10-3-2-6-15(10,9-18)14(19)20/h1,4-5,10H,2-3,6-9H2,(H,19,20)/t10-,15+/m0/s1. The summed E-state index contributed by atoms with van der Waals surface area (Å²) in [5.74, 6) is -0.707. The number of benzene rings is 1. The van der Waals surface area contributed by atoms with Gasteiger partial charge in [0.15, 0.2) is 0 Å². The number of hydrogen-bond acceptors (Lipinski definition) is 2. The minimum Gasteiger partial charge on any atom is -0.481 e. The molecule has 0 spiro atoms. The lowest BCUT2D eigenvalue weighted by molar-refractivity contribution is -0.149. The maximum Gasteiger partial charge on any atom is 0.311 e. The maximum atomic E-state index is 13.9. The zero-order valence-corrected chi connectivity index (χ0v) is 12.7. The lowest BCUT2D eigenvalue weighted by Gasteiger charge is -2.23. The second-order valence-electron chi connectivity index (χ2n) is 5.92. The van der Waals surface area contributed by atoms with Crippen LogP contribution in [-0.2, 0) is 11.3 Å². The number of fused-ring (bicyclic) bond motifs is 1. The first-order valence-corrected chi connectivity index (χ1v) is 7.71.